The molecule has 12 heteroatoms. The van der Waals surface area contributed by atoms with Gasteiger partial charge in [0.05, 0.1) is 15.5 Å². The van der Waals surface area contributed by atoms with Crippen molar-refractivity contribution in [1.29, 1.82) is 0 Å². The molecule has 0 spiro atoms. The molecule has 2 amide bonds. The molecule has 1 fully saturated rings. The lowest BCUT2D eigenvalue weighted by Crippen LogP contribution is -2.53. The van der Waals surface area contributed by atoms with E-state index in [0.717, 1.165) is 36.4 Å². The van der Waals surface area contributed by atoms with Crippen LogP contribution in [0.5, 0.6) is 0 Å². The molecule has 3 aromatic carbocycles. The highest BCUT2D eigenvalue weighted by Crippen LogP contribution is 2.27. The topological polar surface area (TPSA) is 130 Å². The molecule has 3 aromatic rings. The molecule has 0 bridgehead atoms. The van der Waals surface area contributed by atoms with Gasteiger partial charge in [-0.25, -0.2) is 8.42 Å². The normalized spacial score (nSPS) is 14.5. The number of non-ortho nitro benzene ring substituents is 1. The van der Waals surface area contributed by atoms with Gasteiger partial charge in [-0.3, -0.25) is 24.0 Å². The molecule has 0 saturated heterocycles. The quantitative estimate of drug-likeness (QED) is 0.231. The van der Waals surface area contributed by atoms with Crippen LogP contribution in [0.3, 0.4) is 0 Å². The second-order valence-electron chi connectivity index (χ2n) is 10.3. The van der Waals surface area contributed by atoms with Crippen molar-refractivity contribution in [3.05, 3.63) is 99.6 Å². The van der Waals surface area contributed by atoms with Crippen LogP contribution < -0.4 is 9.62 Å². The van der Waals surface area contributed by atoms with Crippen molar-refractivity contribution >= 4 is 44.8 Å². The van der Waals surface area contributed by atoms with Crippen LogP contribution in [0, 0.1) is 10.1 Å². The fourth-order valence-electron chi connectivity index (χ4n) is 4.93. The molecule has 1 saturated carbocycles. The molecule has 1 aliphatic carbocycles. The molecular weight excluding hydrogens is 580 g/mol. The lowest BCUT2D eigenvalue weighted by molar-refractivity contribution is -0.384. The predicted molar refractivity (Wildman–Crippen MR) is 161 cm³/mol. The van der Waals surface area contributed by atoms with Gasteiger partial charge < -0.3 is 10.2 Å². The molecule has 10 nitrogen and oxygen atoms in total. The second kappa shape index (κ2) is 13.8. The third-order valence-corrected chi connectivity index (χ3v) is 9.38. The van der Waals surface area contributed by atoms with Gasteiger partial charge in [0.1, 0.15) is 12.6 Å². The Kier molecular flexibility index (Phi) is 10.2. The van der Waals surface area contributed by atoms with E-state index in [1.807, 2.05) is 0 Å². The van der Waals surface area contributed by atoms with Crippen molar-refractivity contribution in [2.45, 2.75) is 62.6 Å². The number of hydrogen-bond donors (Lipinski definition) is 1. The number of carbonyl (C=O) groups is 2. The number of nitro benzene ring substituents is 1. The zero-order chi connectivity index (χ0) is 30.3. The average molecular weight is 613 g/mol. The first-order chi connectivity index (χ1) is 20.1. The fraction of sp³-hybridized carbons (Fsp3) is 0.333. The first kappa shape index (κ1) is 31.0. The van der Waals surface area contributed by atoms with Gasteiger partial charge in [-0.15, -0.1) is 0 Å². The lowest BCUT2D eigenvalue weighted by atomic mass is 9.95. The van der Waals surface area contributed by atoms with Gasteiger partial charge in [-0.1, -0.05) is 61.2 Å². The molecule has 222 valence electrons. The van der Waals surface area contributed by atoms with Crippen molar-refractivity contribution in [2.75, 3.05) is 10.8 Å². The van der Waals surface area contributed by atoms with Gasteiger partial charge in [-0.2, -0.15) is 0 Å². The Balaban J connectivity index is 1.67. The van der Waals surface area contributed by atoms with E-state index in [1.54, 1.807) is 49.4 Å². The number of nitrogens with zero attached hydrogens (tertiary/aromatic N) is 3. The second-order valence-corrected chi connectivity index (χ2v) is 12.6. The largest absolute Gasteiger partial charge is 0.352 e. The Morgan fingerprint density at radius 1 is 0.976 bits per heavy atom. The van der Waals surface area contributed by atoms with Gasteiger partial charge in [-0.05, 0) is 61.7 Å². The minimum atomic E-state index is -4.26. The summed E-state index contributed by atoms with van der Waals surface area (Å²) >= 11 is 6.05. The van der Waals surface area contributed by atoms with E-state index in [9.17, 15) is 28.1 Å². The SMILES string of the molecule is CC(C(=O)NC1CCCCC1)N(Cc1ccc(Cl)cc1)C(=O)CN(c1ccc([N+](=O)[O-])cc1)S(=O)(=O)c1ccccc1. The molecule has 0 heterocycles. The molecule has 1 N–H and O–H groups in total. The number of carbonyl (C=O) groups excluding carboxylic acids is 2. The van der Waals surface area contributed by atoms with E-state index in [-0.39, 0.29) is 34.8 Å². The highest BCUT2D eigenvalue weighted by Gasteiger charge is 2.33. The van der Waals surface area contributed by atoms with Crippen LogP contribution in [0.15, 0.2) is 83.8 Å². The van der Waals surface area contributed by atoms with Crippen molar-refractivity contribution in [3.8, 4) is 0 Å². The Morgan fingerprint density at radius 2 is 1.60 bits per heavy atom. The smallest absolute Gasteiger partial charge is 0.269 e. The molecule has 4 rings (SSSR count). The fourth-order valence-corrected chi connectivity index (χ4v) is 6.49. The van der Waals surface area contributed by atoms with Gasteiger partial charge in [0.25, 0.3) is 15.7 Å². The number of halogens is 1. The summed E-state index contributed by atoms with van der Waals surface area (Å²) in [5, 5.41) is 14.8. The molecule has 0 aromatic heterocycles. The Hall–Kier alpha value is -3.96. The minimum absolute atomic E-state index is 0.0243. The third kappa shape index (κ3) is 7.65. The first-order valence-corrected chi connectivity index (χ1v) is 15.5. The molecule has 42 heavy (non-hydrogen) atoms. The standard InChI is InChI=1S/C30H33ClN4O6S/c1-22(30(37)32-25-8-4-2-5-9-25)33(20-23-12-14-24(31)15-13-23)29(36)21-34(26-16-18-27(19-17-26)35(38)39)42(40,41)28-10-6-3-7-11-28/h3,6-7,10-19,22,25H,2,4-5,8-9,20-21H2,1H3,(H,32,37). The van der Waals surface area contributed by atoms with Crippen molar-refractivity contribution in [3.63, 3.8) is 0 Å². The van der Waals surface area contributed by atoms with Crippen molar-refractivity contribution < 1.29 is 22.9 Å². The summed E-state index contributed by atoms with van der Waals surface area (Å²) in [5.74, 6) is -0.939. The molecular formula is C30H33ClN4O6S. The van der Waals surface area contributed by atoms with Crippen molar-refractivity contribution in [2.24, 2.45) is 0 Å². The van der Waals surface area contributed by atoms with E-state index in [0.29, 0.717) is 10.6 Å². The summed E-state index contributed by atoms with van der Waals surface area (Å²) in [6.07, 6.45) is 4.90. The van der Waals surface area contributed by atoms with Gasteiger partial charge in [0.2, 0.25) is 11.8 Å². The monoisotopic (exact) mass is 612 g/mol. The first-order valence-electron chi connectivity index (χ1n) is 13.7. The van der Waals surface area contributed by atoms with Crippen LogP contribution >= 0.6 is 11.6 Å². The van der Waals surface area contributed by atoms with Crippen LogP contribution in [0.25, 0.3) is 0 Å². The van der Waals surface area contributed by atoms with E-state index in [4.69, 9.17) is 11.6 Å². The molecule has 1 unspecified atom stereocenters. The predicted octanol–water partition coefficient (Wildman–Crippen LogP) is 5.31. The summed E-state index contributed by atoms with van der Waals surface area (Å²) in [6, 6.07) is 18.5. The maximum Gasteiger partial charge on any atom is 0.269 e. The van der Waals surface area contributed by atoms with Crippen LogP contribution in [-0.2, 0) is 26.2 Å². The number of rotatable bonds is 11. The van der Waals surface area contributed by atoms with Crippen molar-refractivity contribution in [1.82, 2.24) is 10.2 Å². The molecule has 1 atom stereocenters. The van der Waals surface area contributed by atoms with E-state index in [1.165, 1.54) is 41.3 Å². The molecule has 0 radical (unpaired) electrons. The number of hydrogen-bond acceptors (Lipinski definition) is 6. The van der Waals surface area contributed by atoms with Crippen LogP contribution in [0.4, 0.5) is 11.4 Å². The minimum Gasteiger partial charge on any atom is -0.352 e. The van der Waals surface area contributed by atoms with E-state index >= 15 is 0 Å². The summed E-state index contributed by atoms with van der Waals surface area (Å²) < 4.78 is 28.5. The summed E-state index contributed by atoms with van der Waals surface area (Å²) in [4.78, 5) is 39.3. The highest BCUT2D eigenvalue weighted by atomic mass is 35.5. The lowest BCUT2D eigenvalue weighted by Gasteiger charge is -2.33. The Morgan fingerprint density at radius 3 is 2.19 bits per heavy atom. The third-order valence-electron chi connectivity index (χ3n) is 7.34. The zero-order valence-corrected chi connectivity index (χ0v) is 24.8. The molecule has 1 aliphatic rings. The van der Waals surface area contributed by atoms with Crippen LogP contribution in [0.1, 0.15) is 44.6 Å². The summed E-state index contributed by atoms with van der Waals surface area (Å²) in [7, 11) is -4.26. The van der Waals surface area contributed by atoms with Gasteiger partial charge in [0, 0.05) is 29.7 Å². The maximum absolute atomic E-state index is 14.0. The van der Waals surface area contributed by atoms with E-state index < -0.39 is 33.4 Å². The highest BCUT2D eigenvalue weighted by molar-refractivity contribution is 7.92. The average Bonchev–Trinajstić information content (AvgIpc) is 3.00. The number of sulfonamides is 1. The Bertz CT molecular complexity index is 1500. The van der Waals surface area contributed by atoms with Crippen LogP contribution in [0.2, 0.25) is 5.02 Å². The number of anilines is 1. The van der Waals surface area contributed by atoms with Gasteiger partial charge in [0.15, 0.2) is 0 Å². The summed E-state index contributed by atoms with van der Waals surface area (Å²) in [5.41, 5.74) is 0.556. The van der Waals surface area contributed by atoms with Gasteiger partial charge >= 0.3 is 0 Å². The number of benzene rings is 3. The molecule has 0 aliphatic heterocycles. The number of nitro groups is 1. The number of amides is 2. The maximum atomic E-state index is 14.0. The summed E-state index contributed by atoms with van der Waals surface area (Å²) in [6.45, 7) is 1.02. The Labute approximate surface area is 250 Å². The number of nitrogens with one attached hydrogen (secondary N) is 1. The van der Waals surface area contributed by atoms with E-state index in [2.05, 4.69) is 5.32 Å². The zero-order valence-electron chi connectivity index (χ0n) is 23.2. The van der Waals surface area contributed by atoms with Crippen LogP contribution in [-0.4, -0.2) is 48.7 Å².